The van der Waals surface area contributed by atoms with Crippen LogP contribution in [0.5, 0.6) is 0 Å². The van der Waals surface area contributed by atoms with Crippen LogP contribution < -0.4 is 29.6 Å². The Hall–Kier alpha value is 0.650. The third-order valence-corrected chi connectivity index (χ3v) is 3.59. The van der Waals surface area contributed by atoms with E-state index in [0.29, 0.717) is 11.8 Å². The van der Waals surface area contributed by atoms with Crippen LogP contribution in [0, 0.1) is 11.8 Å². The first-order valence-corrected chi connectivity index (χ1v) is 6.62. The van der Waals surface area contributed by atoms with Crippen molar-refractivity contribution in [2.45, 2.75) is 33.1 Å². The summed E-state index contributed by atoms with van der Waals surface area (Å²) in [6.07, 6.45) is 4.77. The van der Waals surface area contributed by atoms with E-state index in [9.17, 15) is 8.42 Å². The maximum atomic E-state index is 10.6. The number of hydrogen-bond acceptors (Lipinski definition) is 2. The minimum atomic E-state index is -3.83. The summed E-state index contributed by atoms with van der Waals surface area (Å²) in [5.41, 5.74) is 0.865. The third kappa shape index (κ3) is 6.07. The predicted octanol–water partition coefficient (Wildman–Crippen LogP) is -0.627. The largest absolute Gasteiger partial charge is 1.00 e. The second kappa shape index (κ2) is 6.40. The molecule has 1 N–H and O–H groups in total. The molecule has 0 aromatic carbocycles. The molecule has 1 atom stereocenters. The minimum absolute atomic E-state index is 0. The van der Waals surface area contributed by atoms with E-state index in [1.807, 2.05) is 6.08 Å². The summed E-state index contributed by atoms with van der Waals surface area (Å²) in [4.78, 5) is 0. The third-order valence-electron chi connectivity index (χ3n) is 2.86. The van der Waals surface area contributed by atoms with Gasteiger partial charge in [-0.25, -0.2) is 0 Å². The molecule has 0 aromatic rings. The van der Waals surface area contributed by atoms with Gasteiger partial charge in [0.05, 0.1) is 5.75 Å². The standard InChI is InChI=1S/C10H18O3S.Na.H/c1-8(2)10-5-3-9(4-6-10)7-14(11,12)13;;/h3,8,10H,4-7H2,1-2H3,(H,11,12,13);;/q;+1;-1/t10-;;/m1../s1. The van der Waals surface area contributed by atoms with E-state index in [1.165, 1.54) is 0 Å². The summed E-state index contributed by atoms with van der Waals surface area (Å²) in [5, 5.41) is 0. The van der Waals surface area contributed by atoms with Gasteiger partial charge in [-0.2, -0.15) is 8.42 Å². The van der Waals surface area contributed by atoms with Crippen LogP contribution in [0.2, 0.25) is 0 Å². The van der Waals surface area contributed by atoms with Crippen molar-refractivity contribution in [3.8, 4) is 0 Å². The van der Waals surface area contributed by atoms with E-state index < -0.39 is 10.1 Å². The smallest absolute Gasteiger partial charge is 1.00 e. The Labute approximate surface area is 116 Å². The topological polar surface area (TPSA) is 54.4 Å². The molecular formula is C10H19NaO3S. The van der Waals surface area contributed by atoms with Crippen molar-refractivity contribution in [1.82, 2.24) is 0 Å². The maximum absolute atomic E-state index is 10.6. The van der Waals surface area contributed by atoms with E-state index in [1.54, 1.807) is 0 Å². The van der Waals surface area contributed by atoms with Crippen molar-refractivity contribution in [2.24, 2.45) is 11.8 Å². The summed E-state index contributed by atoms with van der Waals surface area (Å²) >= 11 is 0. The molecule has 0 saturated carbocycles. The van der Waals surface area contributed by atoms with Gasteiger partial charge in [0.25, 0.3) is 10.1 Å². The van der Waals surface area contributed by atoms with Crippen LogP contribution in [0.1, 0.15) is 34.5 Å². The molecule has 0 saturated heterocycles. The van der Waals surface area contributed by atoms with E-state index in [0.717, 1.165) is 24.8 Å². The second-order valence-corrected chi connectivity index (χ2v) is 5.82. The second-order valence-electron chi connectivity index (χ2n) is 4.37. The number of allylic oxidation sites excluding steroid dienone is 1. The first-order valence-electron chi connectivity index (χ1n) is 5.01. The molecular weight excluding hydrogens is 223 g/mol. The molecule has 0 radical (unpaired) electrons. The van der Waals surface area contributed by atoms with Crippen molar-refractivity contribution >= 4 is 10.1 Å². The van der Waals surface area contributed by atoms with Gasteiger partial charge in [0.1, 0.15) is 0 Å². The fourth-order valence-electron chi connectivity index (χ4n) is 1.88. The average molecular weight is 242 g/mol. The molecule has 0 bridgehead atoms. The van der Waals surface area contributed by atoms with Gasteiger partial charge in [0.15, 0.2) is 0 Å². The van der Waals surface area contributed by atoms with Crippen LogP contribution in [0.25, 0.3) is 0 Å². The molecule has 1 aliphatic carbocycles. The van der Waals surface area contributed by atoms with Crippen molar-refractivity contribution in [3.63, 3.8) is 0 Å². The van der Waals surface area contributed by atoms with E-state index in [-0.39, 0.29) is 36.7 Å². The summed E-state index contributed by atoms with van der Waals surface area (Å²) in [5.74, 6) is 1.14. The Morgan fingerprint density at radius 2 is 2.20 bits per heavy atom. The molecule has 5 heteroatoms. The number of rotatable bonds is 3. The summed E-state index contributed by atoms with van der Waals surface area (Å²) in [6, 6.07) is 0. The zero-order valence-corrected chi connectivity index (χ0v) is 12.5. The van der Waals surface area contributed by atoms with Gasteiger partial charge in [-0.1, -0.05) is 25.5 Å². The van der Waals surface area contributed by atoms with Crippen LogP contribution >= 0.6 is 0 Å². The van der Waals surface area contributed by atoms with Gasteiger partial charge in [0, 0.05) is 0 Å². The van der Waals surface area contributed by atoms with Crippen LogP contribution in [-0.4, -0.2) is 18.7 Å². The predicted molar refractivity (Wildman–Crippen MR) is 57.8 cm³/mol. The summed E-state index contributed by atoms with van der Waals surface area (Å²) in [7, 11) is -3.83. The van der Waals surface area contributed by atoms with Gasteiger partial charge < -0.3 is 1.43 Å². The van der Waals surface area contributed by atoms with Crippen LogP contribution in [0.15, 0.2) is 11.6 Å². The zero-order valence-electron chi connectivity index (χ0n) is 10.7. The molecule has 84 valence electrons. The fourth-order valence-corrected chi connectivity index (χ4v) is 2.61. The first-order chi connectivity index (χ1) is 6.38. The molecule has 0 heterocycles. The molecule has 3 nitrogen and oxygen atoms in total. The molecule has 0 amide bonds. The van der Waals surface area contributed by atoms with Crippen molar-refractivity contribution in [1.29, 1.82) is 0 Å². The van der Waals surface area contributed by atoms with Gasteiger partial charge in [-0.05, 0) is 31.1 Å². The SMILES string of the molecule is CC(C)[C@@H]1CC=C(CS(=O)(=O)O)CC1.[H-].[Na+]. The van der Waals surface area contributed by atoms with Gasteiger partial charge in [-0.15, -0.1) is 0 Å². The fraction of sp³-hybridized carbons (Fsp3) is 0.800. The Kier molecular flexibility index (Phi) is 6.68. The average Bonchev–Trinajstić information content (AvgIpc) is 2.02. The quantitative estimate of drug-likeness (QED) is 0.407. The van der Waals surface area contributed by atoms with E-state index in [2.05, 4.69) is 13.8 Å². The first kappa shape index (κ1) is 15.7. The maximum Gasteiger partial charge on any atom is 1.00 e. The monoisotopic (exact) mass is 242 g/mol. The molecule has 0 aromatic heterocycles. The molecule has 1 rings (SSSR count). The Morgan fingerprint density at radius 3 is 2.53 bits per heavy atom. The van der Waals surface area contributed by atoms with Gasteiger partial charge in [0.2, 0.25) is 0 Å². The normalized spacial score (nSPS) is 22.1. The van der Waals surface area contributed by atoms with Crippen LogP contribution in [0.4, 0.5) is 0 Å². The van der Waals surface area contributed by atoms with Gasteiger partial charge >= 0.3 is 29.6 Å². The summed E-state index contributed by atoms with van der Waals surface area (Å²) in [6.45, 7) is 4.37. The van der Waals surface area contributed by atoms with Crippen LogP contribution in [-0.2, 0) is 10.1 Å². The Morgan fingerprint density at radius 1 is 1.60 bits per heavy atom. The van der Waals surface area contributed by atoms with Gasteiger partial charge in [-0.3, -0.25) is 4.55 Å². The minimum Gasteiger partial charge on any atom is -1.00 e. The number of hydrogen-bond donors (Lipinski definition) is 1. The van der Waals surface area contributed by atoms with E-state index in [4.69, 9.17) is 4.55 Å². The Balaban J connectivity index is 0. The zero-order chi connectivity index (χ0) is 10.8. The molecule has 0 aliphatic heterocycles. The van der Waals surface area contributed by atoms with Crippen LogP contribution in [0.3, 0.4) is 0 Å². The molecule has 0 fully saturated rings. The van der Waals surface area contributed by atoms with Crippen molar-refractivity contribution < 1.29 is 44.0 Å². The van der Waals surface area contributed by atoms with E-state index >= 15 is 0 Å². The molecule has 15 heavy (non-hydrogen) atoms. The van der Waals surface area contributed by atoms with Crippen molar-refractivity contribution in [3.05, 3.63) is 11.6 Å². The molecule has 1 aliphatic rings. The Bertz CT molecular complexity index is 325. The summed E-state index contributed by atoms with van der Waals surface area (Å²) < 4.78 is 29.9. The molecule has 0 spiro atoms. The molecule has 0 unspecified atom stereocenters. The van der Waals surface area contributed by atoms with Crippen molar-refractivity contribution in [2.75, 3.05) is 5.75 Å².